The van der Waals surface area contributed by atoms with Crippen molar-refractivity contribution in [2.75, 3.05) is 6.61 Å². The molecule has 0 saturated heterocycles. The third kappa shape index (κ3) is 10.2. The summed E-state index contributed by atoms with van der Waals surface area (Å²) in [6, 6.07) is 30.8. The first-order valence-electron chi connectivity index (χ1n) is 16.3. The second kappa shape index (κ2) is 16.0. The van der Waals surface area contributed by atoms with Crippen molar-refractivity contribution in [1.29, 1.82) is 0 Å². The van der Waals surface area contributed by atoms with E-state index in [4.69, 9.17) is 18.6 Å². The van der Waals surface area contributed by atoms with Crippen LogP contribution in [0.5, 0.6) is 5.75 Å². The maximum absolute atomic E-state index is 12.7. The Bertz CT molecular complexity index is 1910. The van der Waals surface area contributed by atoms with Crippen LogP contribution in [0, 0.1) is 0 Å². The zero-order valence-electron chi connectivity index (χ0n) is 28.3. The summed E-state index contributed by atoms with van der Waals surface area (Å²) in [6.45, 7) is 8.29. The van der Waals surface area contributed by atoms with E-state index in [0.29, 0.717) is 23.7 Å². The Balaban J connectivity index is 1.40. The molecule has 5 rings (SSSR count). The van der Waals surface area contributed by atoms with Crippen molar-refractivity contribution < 1.29 is 33.0 Å². The van der Waals surface area contributed by atoms with Crippen LogP contribution < -0.4 is 15.4 Å². The molecule has 9 nitrogen and oxygen atoms in total. The van der Waals surface area contributed by atoms with Crippen LogP contribution >= 0.6 is 0 Å². The Morgan fingerprint density at radius 2 is 1.51 bits per heavy atom. The molecule has 0 fully saturated rings. The van der Waals surface area contributed by atoms with Crippen molar-refractivity contribution in [3.05, 3.63) is 125 Å². The van der Waals surface area contributed by atoms with E-state index in [9.17, 15) is 14.4 Å². The number of fused-ring (bicyclic) bond motifs is 1. The van der Waals surface area contributed by atoms with E-state index in [1.165, 1.54) is 0 Å². The quantitative estimate of drug-likeness (QED) is 0.124. The Labute approximate surface area is 286 Å². The van der Waals surface area contributed by atoms with E-state index in [-0.39, 0.29) is 44.4 Å². The first kappa shape index (κ1) is 34.8. The van der Waals surface area contributed by atoms with Gasteiger partial charge in [-0.25, -0.2) is 4.79 Å². The van der Waals surface area contributed by atoms with E-state index in [1.54, 1.807) is 6.92 Å². The highest BCUT2D eigenvalue weighted by molar-refractivity contribution is 5.94. The van der Waals surface area contributed by atoms with Gasteiger partial charge in [0.05, 0.1) is 26.0 Å². The van der Waals surface area contributed by atoms with E-state index in [0.717, 1.165) is 38.8 Å². The lowest BCUT2D eigenvalue weighted by Gasteiger charge is -2.19. The van der Waals surface area contributed by atoms with Crippen molar-refractivity contribution in [1.82, 2.24) is 10.6 Å². The van der Waals surface area contributed by atoms with Crippen LogP contribution in [-0.4, -0.2) is 30.2 Å². The molecular formula is C40H42N2O7. The van der Waals surface area contributed by atoms with Crippen molar-refractivity contribution in [2.45, 2.75) is 65.8 Å². The van der Waals surface area contributed by atoms with Crippen LogP contribution in [0.1, 0.15) is 55.7 Å². The molecule has 0 atom stereocenters. The summed E-state index contributed by atoms with van der Waals surface area (Å²) in [5.41, 5.74) is 5.21. The molecule has 4 aromatic carbocycles. The number of carbonyl (C=O) groups is 3. The topological polar surface area (TPSA) is 116 Å². The van der Waals surface area contributed by atoms with Crippen molar-refractivity contribution in [2.24, 2.45) is 0 Å². The zero-order chi connectivity index (χ0) is 34.8. The molecule has 0 aliphatic rings. The van der Waals surface area contributed by atoms with E-state index < -0.39 is 11.7 Å². The number of amides is 2. The van der Waals surface area contributed by atoms with Crippen molar-refractivity contribution in [3.63, 3.8) is 0 Å². The highest BCUT2D eigenvalue weighted by Gasteiger charge is 2.18. The number of esters is 1. The summed E-state index contributed by atoms with van der Waals surface area (Å²) in [6.07, 6.45) is -0.109. The van der Waals surface area contributed by atoms with Gasteiger partial charge in [-0.15, -0.1) is 0 Å². The van der Waals surface area contributed by atoms with Crippen LogP contribution in [0.25, 0.3) is 22.1 Å². The molecule has 0 radical (unpaired) electrons. The summed E-state index contributed by atoms with van der Waals surface area (Å²) < 4.78 is 23.1. The van der Waals surface area contributed by atoms with Crippen molar-refractivity contribution >= 4 is 28.9 Å². The van der Waals surface area contributed by atoms with E-state index in [2.05, 4.69) is 10.6 Å². The predicted molar refractivity (Wildman–Crippen MR) is 188 cm³/mol. The minimum absolute atomic E-state index is 0.104. The van der Waals surface area contributed by atoms with Gasteiger partial charge in [0.25, 0.3) is 0 Å². The van der Waals surface area contributed by atoms with Gasteiger partial charge in [-0.2, -0.15) is 0 Å². The largest absolute Gasteiger partial charge is 0.489 e. The third-order valence-corrected chi connectivity index (χ3v) is 7.48. The number of hydrogen-bond donors (Lipinski definition) is 2. The fourth-order valence-electron chi connectivity index (χ4n) is 5.34. The normalized spacial score (nSPS) is 11.2. The second-order valence-electron chi connectivity index (χ2n) is 12.6. The van der Waals surface area contributed by atoms with Crippen LogP contribution in [0.4, 0.5) is 4.79 Å². The maximum Gasteiger partial charge on any atom is 0.407 e. The number of hydrogen-bond acceptors (Lipinski definition) is 7. The standard InChI is InChI=1S/C40H42N2O7/c1-5-46-37(44)23-31-15-9-10-17-35(31)47-26-29-19-32-22-33(25-41-36(43)21-27-12-7-6-8-13-27)48-38(32)34(20-29)30-16-11-14-28(18-30)24-42-39(45)49-40(2,3)4/h6-20,22H,5,21,23-26H2,1-4H3,(H,41,43)(H,42,45). The number of alkyl carbamates (subject to hydrolysis) is 1. The highest BCUT2D eigenvalue weighted by Crippen LogP contribution is 2.34. The molecule has 9 heteroatoms. The molecule has 0 aliphatic carbocycles. The predicted octanol–water partition coefficient (Wildman–Crippen LogP) is 7.67. The molecule has 0 aliphatic heterocycles. The fraction of sp³-hybridized carbons (Fsp3) is 0.275. The zero-order valence-corrected chi connectivity index (χ0v) is 28.3. The fourth-order valence-corrected chi connectivity index (χ4v) is 5.34. The van der Waals surface area contributed by atoms with Gasteiger partial charge in [0.15, 0.2) is 0 Å². The smallest absolute Gasteiger partial charge is 0.407 e. The molecule has 2 N–H and O–H groups in total. The maximum atomic E-state index is 12.7. The third-order valence-electron chi connectivity index (χ3n) is 7.48. The van der Waals surface area contributed by atoms with E-state index in [1.807, 2.05) is 118 Å². The van der Waals surface area contributed by atoms with Gasteiger partial charge < -0.3 is 29.3 Å². The molecule has 0 unspecified atom stereocenters. The number of ether oxygens (including phenoxy) is 3. The minimum Gasteiger partial charge on any atom is -0.489 e. The van der Waals surface area contributed by atoms with Gasteiger partial charge in [0, 0.05) is 23.1 Å². The Hall–Kier alpha value is -5.57. The second-order valence-corrected chi connectivity index (χ2v) is 12.6. The van der Waals surface area contributed by atoms with Gasteiger partial charge in [-0.3, -0.25) is 9.59 Å². The average Bonchev–Trinajstić information content (AvgIpc) is 3.49. The lowest BCUT2D eigenvalue weighted by molar-refractivity contribution is -0.142. The molecule has 1 heterocycles. The molecular weight excluding hydrogens is 620 g/mol. The minimum atomic E-state index is -0.600. The molecule has 0 saturated carbocycles. The van der Waals surface area contributed by atoms with Crippen LogP contribution in [0.15, 0.2) is 101 Å². The van der Waals surface area contributed by atoms with Crippen molar-refractivity contribution in [3.8, 4) is 16.9 Å². The molecule has 0 bridgehead atoms. The Morgan fingerprint density at radius 3 is 2.29 bits per heavy atom. The molecule has 5 aromatic rings. The lowest BCUT2D eigenvalue weighted by atomic mass is 9.99. The first-order valence-corrected chi connectivity index (χ1v) is 16.3. The summed E-state index contributed by atoms with van der Waals surface area (Å²) >= 11 is 0. The summed E-state index contributed by atoms with van der Waals surface area (Å²) in [5.74, 6) is 0.789. The number of para-hydroxylation sites is 1. The number of carbonyl (C=O) groups excluding carboxylic acids is 3. The number of rotatable bonds is 13. The molecule has 49 heavy (non-hydrogen) atoms. The number of nitrogens with one attached hydrogen (secondary N) is 2. The lowest BCUT2D eigenvalue weighted by Crippen LogP contribution is -2.32. The van der Waals surface area contributed by atoms with Crippen LogP contribution in [0.3, 0.4) is 0 Å². The van der Waals surface area contributed by atoms with Gasteiger partial charge in [-0.05, 0) is 80.3 Å². The van der Waals surface area contributed by atoms with Gasteiger partial charge in [0.2, 0.25) is 5.91 Å². The number of benzene rings is 4. The molecule has 2 amide bonds. The highest BCUT2D eigenvalue weighted by atomic mass is 16.6. The summed E-state index contributed by atoms with van der Waals surface area (Å²) in [7, 11) is 0. The number of furan rings is 1. The monoisotopic (exact) mass is 662 g/mol. The van der Waals surface area contributed by atoms with Gasteiger partial charge in [-0.1, -0.05) is 66.7 Å². The summed E-state index contributed by atoms with van der Waals surface area (Å²) in [5, 5.41) is 6.63. The van der Waals surface area contributed by atoms with Crippen LogP contribution in [0.2, 0.25) is 0 Å². The first-order chi connectivity index (χ1) is 23.6. The average molecular weight is 663 g/mol. The van der Waals surface area contributed by atoms with Gasteiger partial charge >= 0.3 is 12.1 Å². The van der Waals surface area contributed by atoms with Gasteiger partial charge in [0.1, 0.15) is 29.3 Å². The SMILES string of the molecule is CCOC(=O)Cc1ccccc1OCc1cc(-c2cccc(CNC(=O)OC(C)(C)C)c2)c2oc(CNC(=O)Cc3ccccc3)cc2c1. The molecule has 0 spiro atoms. The summed E-state index contributed by atoms with van der Waals surface area (Å²) in [4.78, 5) is 37.2. The molecule has 254 valence electrons. The Kier molecular flexibility index (Phi) is 11.4. The molecule has 1 aromatic heterocycles. The van der Waals surface area contributed by atoms with Crippen LogP contribution in [-0.2, 0) is 51.6 Å². The van der Waals surface area contributed by atoms with E-state index >= 15 is 0 Å². The Morgan fingerprint density at radius 1 is 0.755 bits per heavy atom.